The molecule has 0 fully saturated rings. The van der Waals surface area contributed by atoms with E-state index in [4.69, 9.17) is 0 Å². The first kappa shape index (κ1) is 13.1. The van der Waals surface area contributed by atoms with Gasteiger partial charge in [-0.1, -0.05) is 30.3 Å². The molecular formula is C13H19NOS. The second-order valence-corrected chi connectivity index (χ2v) is 5.76. The summed E-state index contributed by atoms with van der Waals surface area (Å²) in [4.78, 5) is 11.5. The molecule has 0 aliphatic heterocycles. The van der Waals surface area contributed by atoms with Gasteiger partial charge >= 0.3 is 0 Å². The van der Waals surface area contributed by atoms with E-state index in [-0.39, 0.29) is 11.4 Å². The van der Waals surface area contributed by atoms with Crippen LogP contribution in [0.5, 0.6) is 0 Å². The van der Waals surface area contributed by atoms with Crippen LogP contribution in [0, 0.1) is 0 Å². The predicted octanol–water partition coefficient (Wildman–Crippen LogP) is 2.83. The van der Waals surface area contributed by atoms with E-state index in [0.29, 0.717) is 5.75 Å². The molecule has 1 amide bonds. The lowest BCUT2D eigenvalue weighted by Crippen LogP contribution is -2.41. The smallest absolute Gasteiger partial charge is 0.230 e. The fourth-order valence-corrected chi connectivity index (χ4v) is 2.08. The lowest BCUT2D eigenvalue weighted by molar-refractivity contribution is -0.119. The van der Waals surface area contributed by atoms with Crippen molar-refractivity contribution in [1.82, 2.24) is 5.32 Å². The number of amides is 1. The molecule has 1 N–H and O–H groups in total. The molecule has 0 aromatic heterocycles. The zero-order chi connectivity index (χ0) is 12.0. The lowest BCUT2D eigenvalue weighted by atomic mass is 10.1. The number of hydrogen-bond donors (Lipinski definition) is 1. The molecule has 0 heterocycles. The number of benzene rings is 1. The zero-order valence-electron chi connectivity index (χ0n) is 10.1. The van der Waals surface area contributed by atoms with E-state index in [1.54, 1.807) is 11.8 Å². The minimum Gasteiger partial charge on any atom is -0.351 e. The minimum absolute atomic E-state index is 0.105. The van der Waals surface area contributed by atoms with Gasteiger partial charge in [0.15, 0.2) is 0 Å². The Morgan fingerprint density at radius 2 is 1.88 bits per heavy atom. The van der Waals surface area contributed by atoms with Crippen molar-refractivity contribution < 1.29 is 4.79 Å². The highest BCUT2D eigenvalue weighted by molar-refractivity contribution is 7.99. The van der Waals surface area contributed by atoms with Gasteiger partial charge in [0.25, 0.3) is 0 Å². The topological polar surface area (TPSA) is 29.1 Å². The van der Waals surface area contributed by atoms with Gasteiger partial charge in [0.1, 0.15) is 0 Å². The summed E-state index contributed by atoms with van der Waals surface area (Å²) in [6, 6.07) is 10.2. The Balaban J connectivity index is 2.24. The fraction of sp³-hybridized carbons (Fsp3) is 0.462. The molecule has 3 heteroatoms. The second-order valence-electron chi connectivity index (χ2n) is 4.78. The Bertz CT molecular complexity index is 330. The average molecular weight is 237 g/mol. The number of rotatable bonds is 4. The summed E-state index contributed by atoms with van der Waals surface area (Å²) in [7, 11) is 0. The molecule has 1 aromatic rings. The second kappa shape index (κ2) is 5.94. The van der Waals surface area contributed by atoms with E-state index < -0.39 is 0 Å². The van der Waals surface area contributed by atoms with Gasteiger partial charge in [0.05, 0.1) is 5.75 Å². The number of carbonyl (C=O) groups is 1. The molecular weight excluding hydrogens is 218 g/mol. The van der Waals surface area contributed by atoms with Gasteiger partial charge in [-0.15, -0.1) is 11.8 Å². The monoisotopic (exact) mass is 237 g/mol. The van der Waals surface area contributed by atoms with Crippen molar-refractivity contribution in [2.24, 2.45) is 0 Å². The Morgan fingerprint density at radius 3 is 2.44 bits per heavy atom. The Morgan fingerprint density at radius 1 is 1.25 bits per heavy atom. The third-order valence-corrected chi connectivity index (χ3v) is 2.86. The molecule has 2 nitrogen and oxygen atoms in total. The Hall–Kier alpha value is -0.960. The van der Waals surface area contributed by atoms with Crippen molar-refractivity contribution in [3.05, 3.63) is 35.9 Å². The summed E-state index contributed by atoms with van der Waals surface area (Å²) in [6.07, 6.45) is 0. The van der Waals surface area contributed by atoms with E-state index in [1.165, 1.54) is 5.56 Å². The van der Waals surface area contributed by atoms with Gasteiger partial charge in [0, 0.05) is 11.3 Å². The number of hydrogen-bond acceptors (Lipinski definition) is 2. The predicted molar refractivity (Wildman–Crippen MR) is 70.5 cm³/mol. The number of carbonyl (C=O) groups excluding carboxylic acids is 1. The van der Waals surface area contributed by atoms with Crippen LogP contribution in [0.2, 0.25) is 0 Å². The van der Waals surface area contributed by atoms with Crippen LogP contribution in [0.4, 0.5) is 0 Å². The van der Waals surface area contributed by atoms with E-state index in [9.17, 15) is 4.79 Å². The van der Waals surface area contributed by atoms with Crippen LogP contribution >= 0.6 is 11.8 Å². The number of nitrogens with one attached hydrogen (secondary N) is 1. The van der Waals surface area contributed by atoms with Crippen LogP contribution in [0.25, 0.3) is 0 Å². The first-order valence-electron chi connectivity index (χ1n) is 5.40. The van der Waals surface area contributed by atoms with Gasteiger partial charge in [-0.3, -0.25) is 4.79 Å². The summed E-state index contributed by atoms with van der Waals surface area (Å²) >= 11 is 1.64. The first-order valence-corrected chi connectivity index (χ1v) is 6.55. The molecule has 0 saturated heterocycles. The maximum absolute atomic E-state index is 11.5. The van der Waals surface area contributed by atoms with Crippen LogP contribution in [-0.2, 0) is 10.5 Å². The summed E-state index contributed by atoms with van der Waals surface area (Å²) in [5.74, 6) is 1.51. The van der Waals surface area contributed by atoms with E-state index >= 15 is 0 Å². The SMILES string of the molecule is CC(C)(C)NC(=O)CSCc1ccccc1. The summed E-state index contributed by atoms with van der Waals surface area (Å²) in [5, 5.41) is 2.95. The third kappa shape index (κ3) is 5.81. The third-order valence-electron chi connectivity index (χ3n) is 1.86. The molecule has 88 valence electrons. The molecule has 0 radical (unpaired) electrons. The standard InChI is InChI=1S/C13H19NOS/c1-13(2,3)14-12(15)10-16-9-11-7-5-4-6-8-11/h4-8H,9-10H2,1-3H3,(H,14,15). The van der Waals surface area contributed by atoms with Crippen LogP contribution in [0.15, 0.2) is 30.3 Å². The molecule has 0 saturated carbocycles. The Kier molecular flexibility index (Phi) is 4.87. The number of thioether (sulfide) groups is 1. The van der Waals surface area contributed by atoms with Crippen molar-refractivity contribution in [1.29, 1.82) is 0 Å². The van der Waals surface area contributed by atoms with Crippen molar-refractivity contribution >= 4 is 17.7 Å². The van der Waals surface area contributed by atoms with E-state index in [0.717, 1.165) is 5.75 Å². The molecule has 0 spiro atoms. The molecule has 16 heavy (non-hydrogen) atoms. The summed E-state index contributed by atoms with van der Waals surface area (Å²) in [6.45, 7) is 5.98. The van der Waals surface area contributed by atoms with Crippen LogP contribution in [-0.4, -0.2) is 17.2 Å². The summed E-state index contributed by atoms with van der Waals surface area (Å²) in [5.41, 5.74) is 1.13. The minimum atomic E-state index is -0.135. The van der Waals surface area contributed by atoms with Gasteiger partial charge in [-0.2, -0.15) is 0 Å². The molecule has 0 unspecified atom stereocenters. The molecule has 0 atom stereocenters. The molecule has 1 aromatic carbocycles. The van der Waals surface area contributed by atoms with Crippen molar-refractivity contribution in [2.45, 2.75) is 32.1 Å². The van der Waals surface area contributed by atoms with Crippen molar-refractivity contribution in [3.63, 3.8) is 0 Å². The maximum atomic E-state index is 11.5. The molecule has 0 bridgehead atoms. The van der Waals surface area contributed by atoms with Crippen molar-refractivity contribution in [3.8, 4) is 0 Å². The van der Waals surface area contributed by atoms with E-state index in [2.05, 4.69) is 17.4 Å². The first-order chi connectivity index (χ1) is 7.47. The molecule has 0 aliphatic carbocycles. The highest BCUT2D eigenvalue weighted by atomic mass is 32.2. The van der Waals surface area contributed by atoms with Gasteiger partial charge in [-0.05, 0) is 26.3 Å². The summed E-state index contributed by atoms with van der Waals surface area (Å²) < 4.78 is 0. The zero-order valence-corrected chi connectivity index (χ0v) is 10.9. The Labute approximate surface area is 102 Å². The highest BCUT2D eigenvalue weighted by Gasteiger charge is 2.13. The van der Waals surface area contributed by atoms with Gasteiger partial charge in [0.2, 0.25) is 5.91 Å². The molecule has 1 rings (SSSR count). The fourth-order valence-electron chi connectivity index (χ4n) is 1.29. The largest absolute Gasteiger partial charge is 0.351 e. The van der Waals surface area contributed by atoms with Gasteiger partial charge in [-0.25, -0.2) is 0 Å². The highest BCUT2D eigenvalue weighted by Crippen LogP contribution is 2.11. The van der Waals surface area contributed by atoms with E-state index in [1.807, 2.05) is 39.0 Å². The quantitative estimate of drug-likeness (QED) is 0.872. The van der Waals surface area contributed by atoms with Gasteiger partial charge < -0.3 is 5.32 Å². The maximum Gasteiger partial charge on any atom is 0.230 e. The lowest BCUT2D eigenvalue weighted by Gasteiger charge is -2.20. The molecule has 0 aliphatic rings. The average Bonchev–Trinajstić information content (AvgIpc) is 2.16. The van der Waals surface area contributed by atoms with Crippen LogP contribution < -0.4 is 5.32 Å². The normalized spacial score (nSPS) is 11.2. The van der Waals surface area contributed by atoms with Crippen LogP contribution in [0.3, 0.4) is 0 Å². The van der Waals surface area contributed by atoms with Crippen molar-refractivity contribution in [2.75, 3.05) is 5.75 Å². The van der Waals surface area contributed by atoms with Crippen LogP contribution in [0.1, 0.15) is 26.3 Å².